The van der Waals surface area contributed by atoms with Gasteiger partial charge in [0.25, 0.3) is 0 Å². The molecule has 3 heterocycles. The van der Waals surface area contributed by atoms with Crippen molar-refractivity contribution in [2.75, 3.05) is 19.6 Å². The van der Waals surface area contributed by atoms with E-state index >= 15 is 0 Å². The molecule has 6 heteroatoms. The fourth-order valence-electron chi connectivity index (χ4n) is 2.61. The molecule has 1 unspecified atom stereocenters. The molecule has 0 saturated carbocycles. The van der Waals surface area contributed by atoms with Crippen molar-refractivity contribution in [2.24, 2.45) is 7.05 Å². The zero-order valence-corrected chi connectivity index (χ0v) is 12.4. The van der Waals surface area contributed by atoms with Crippen LogP contribution in [0.15, 0.2) is 36.9 Å². The number of aromatic nitrogens is 3. The van der Waals surface area contributed by atoms with Crippen molar-refractivity contribution in [1.82, 2.24) is 24.8 Å². The highest BCUT2D eigenvalue weighted by Gasteiger charge is 2.26. The molecule has 0 amide bonds. The van der Waals surface area contributed by atoms with Crippen LogP contribution >= 0.6 is 12.4 Å². The summed E-state index contributed by atoms with van der Waals surface area (Å²) < 4.78 is 2.11. The van der Waals surface area contributed by atoms with E-state index in [2.05, 4.69) is 43.9 Å². The summed E-state index contributed by atoms with van der Waals surface area (Å²) in [7, 11) is 2.06. The number of piperazine rings is 1. The molecule has 1 saturated heterocycles. The van der Waals surface area contributed by atoms with Crippen LogP contribution in [-0.4, -0.2) is 39.1 Å². The van der Waals surface area contributed by atoms with Crippen LogP contribution < -0.4 is 5.32 Å². The Morgan fingerprint density at radius 2 is 2.10 bits per heavy atom. The Labute approximate surface area is 125 Å². The van der Waals surface area contributed by atoms with Crippen molar-refractivity contribution in [3.8, 4) is 0 Å². The standard InChI is InChI=1S/C14H19N5.ClH/c1-18-8-7-17-14(18)13-10-16-6-9-19(13)11-12-2-4-15-5-3-12;/h2-5,7-8,13,16H,6,9-11H2,1H3;1H. The van der Waals surface area contributed by atoms with Gasteiger partial charge in [0, 0.05) is 58.0 Å². The minimum absolute atomic E-state index is 0. The molecule has 0 spiro atoms. The Morgan fingerprint density at radius 1 is 1.30 bits per heavy atom. The lowest BCUT2D eigenvalue weighted by molar-refractivity contribution is 0.144. The molecule has 1 atom stereocenters. The highest BCUT2D eigenvalue weighted by atomic mass is 35.5. The van der Waals surface area contributed by atoms with Crippen molar-refractivity contribution in [3.63, 3.8) is 0 Å². The summed E-state index contributed by atoms with van der Waals surface area (Å²) in [5, 5.41) is 3.46. The van der Waals surface area contributed by atoms with E-state index in [0.29, 0.717) is 6.04 Å². The molecule has 0 bridgehead atoms. The second-order valence-electron chi connectivity index (χ2n) is 4.94. The smallest absolute Gasteiger partial charge is 0.127 e. The van der Waals surface area contributed by atoms with E-state index in [4.69, 9.17) is 0 Å². The number of hydrogen-bond donors (Lipinski definition) is 1. The maximum Gasteiger partial charge on any atom is 0.127 e. The van der Waals surface area contributed by atoms with Crippen molar-refractivity contribution < 1.29 is 0 Å². The van der Waals surface area contributed by atoms with Crippen molar-refractivity contribution in [2.45, 2.75) is 12.6 Å². The summed E-state index contributed by atoms with van der Waals surface area (Å²) in [5.41, 5.74) is 1.30. The van der Waals surface area contributed by atoms with Gasteiger partial charge >= 0.3 is 0 Å². The van der Waals surface area contributed by atoms with Gasteiger partial charge in [0.1, 0.15) is 5.82 Å². The molecule has 20 heavy (non-hydrogen) atoms. The number of pyridine rings is 1. The molecule has 2 aromatic rings. The normalized spacial score (nSPS) is 19.6. The molecule has 1 N–H and O–H groups in total. The van der Waals surface area contributed by atoms with Crippen LogP contribution in [-0.2, 0) is 13.6 Å². The first-order valence-corrected chi connectivity index (χ1v) is 6.65. The zero-order valence-electron chi connectivity index (χ0n) is 11.6. The van der Waals surface area contributed by atoms with Gasteiger partial charge in [0.05, 0.1) is 6.04 Å². The number of nitrogens with zero attached hydrogens (tertiary/aromatic N) is 4. The summed E-state index contributed by atoms with van der Waals surface area (Å²) in [6.07, 6.45) is 7.59. The van der Waals surface area contributed by atoms with Gasteiger partial charge < -0.3 is 9.88 Å². The van der Waals surface area contributed by atoms with Gasteiger partial charge in [0.2, 0.25) is 0 Å². The Morgan fingerprint density at radius 3 is 2.80 bits per heavy atom. The predicted molar refractivity (Wildman–Crippen MR) is 80.7 cm³/mol. The predicted octanol–water partition coefficient (Wildman–Crippen LogP) is 1.38. The summed E-state index contributed by atoms with van der Waals surface area (Å²) >= 11 is 0. The molecule has 1 aliphatic heterocycles. The van der Waals surface area contributed by atoms with Crippen LogP contribution in [0.4, 0.5) is 0 Å². The van der Waals surface area contributed by atoms with E-state index in [1.807, 2.05) is 24.8 Å². The zero-order chi connectivity index (χ0) is 13.1. The van der Waals surface area contributed by atoms with Gasteiger partial charge in [-0.3, -0.25) is 9.88 Å². The minimum atomic E-state index is 0. The highest BCUT2D eigenvalue weighted by molar-refractivity contribution is 5.85. The number of rotatable bonds is 3. The van der Waals surface area contributed by atoms with E-state index in [-0.39, 0.29) is 12.4 Å². The second kappa shape index (κ2) is 6.83. The molecule has 1 fully saturated rings. The Hall–Kier alpha value is -1.43. The van der Waals surface area contributed by atoms with Crippen molar-refractivity contribution in [3.05, 3.63) is 48.3 Å². The summed E-state index contributed by atoms with van der Waals surface area (Å²) in [6, 6.07) is 4.50. The fourth-order valence-corrected chi connectivity index (χ4v) is 2.61. The summed E-state index contributed by atoms with van der Waals surface area (Å²) in [5.74, 6) is 1.13. The van der Waals surface area contributed by atoms with E-state index < -0.39 is 0 Å². The van der Waals surface area contributed by atoms with Crippen molar-refractivity contribution >= 4 is 12.4 Å². The van der Waals surface area contributed by atoms with Crippen LogP contribution in [0.2, 0.25) is 0 Å². The minimum Gasteiger partial charge on any atom is -0.337 e. The second-order valence-corrected chi connectivity index (χ2v) is 4.94. The third-order valence-electron chi connectivity index (χ3n) is 3.65. The Kier molecular flexibility index (Phi) is 5.11. The lowest BCUT2D eigenvalue weighted by Gasteiger charge is -2.35. The van der Waals surface area contributed by atoms with Gasteiger partial charge in [-0.05, 0) is 17.7 Å². The highest BCUT2D eigenvalue weighted by Crippen LogP contribution is 2.22. The largest absolute Gasteiger partial charge is 0.337 e. The number of aryl methyl sites for hydroxylation is 1. The van der Waals surface area contributed by atoms with Gasteiger partial charge in [-0.15, -0.1) is 12.4 Å². The number of nitrogens with one attached hydrogen (secondary N) is 1. The molecule has 1 aliphatic rings. The first kappa shape index (κ1) is 15.0. The van der Waals surface area contributed by atoms with Gasteiger partial charge in [-0.2, -0.15) is 0 Å². The van der Waals surface area contributed by atoms with E-state index in [1.165, 1.54) is 5.56 Å². The lowest BCUT2D eigenvalue weighted by atomic mass is 10.1. The fraction of sp³-hybridized carbons (Fsp3) is 0.429. The molecular weight excluding hydrogens is 274 g/mol. The van der Waals surface area contributed by atoms with Crippen LogP contribution in [0.25, 0.3) is 0 Å². The molecule has 2 aromatic heterocycles. The number of halogens is 1. The monoisotopic (exact) mass is 293 g/mol. The van der Waals surface area contributed by atoms with Gasteiger partial charge in [-0.1, -0.05) is 0 Å². The Balaban J connectivity index is 0.00000147. The molecule has 3 rings (SSSR count). The molecule has 108 valence electrons. The van der Waals surface area contributed by atoms with Gasteiger partial charge in [-0.25, -0.2) is 4.98 Å². The number of imidazole rings is 1. The Bertz CT molecular complexity index is 527. The molecular formula is C14H20ClN5. The van der Waals surface area contributed by atoms with Gasteiger partial charge in [0.15, 0.2) is 0 Å². The summed E-state index contributed by atoms with van der Waals surface area (Å²) in [4.78, 5) is 11.1. The summed E-state index contributed by atoms with van der Waals surface area (Å²) in [6.45, 7) is 3.98. The molecule has 5 nitrogen and oxygen atoms in total. The van der Waals surface area contributed by atoms with Crippen LogP contribution in [0.5, 0.6) is 0 Å². The average Bonchev–Trinajstić information content (AvgIpc) is 2.87. The molecule has 0 aromatic carbocycles. The average molecular weight is 294 g/mol. The first-order chi connectivity index (χ1) is 9.34. The number of hydrogen-bond acceptors (Lipinski definition) is 4. The van der Waals surface area contributed by atoms with E-state index in [1.54, 1.807) is 0 Å². The molecule has 0 radical (unpaired) electrons. The van der Waals surface area contributed by atoms with E-state index in [0.717, 1.165) is 32.0 Å². The quantitative estimate of drug-likeness (QED) is 0.929. The third kappa shape index (κ3) is 3.17. The SMILES string of the molecule is Cl.Cn1ccnc1C1CNCCN1Cc1ccncc1. The van der Waals surface area contributed by atoms with E-state index in [9.17, 15) is 0 Å². The third-order valence-corrected chi connectivity index (χ3v) is 3.65. The van der Waals surface area contributed by atoms with Crippen LogP contribution in [0, 0.1) is 0 Å². The van der Waals surface area contributed by atoms with Crippen LogP contribution in [0.1, 0.15) is 17.4 Å². The van der Waals surface area contributed by atoms with Crippen LogP contribution in [0.3, 0.4) is 0 Å². The first-order valence-electron chi connectivity index (χ1n) is 6.65. The van der Waals surface area contributed by atoms with Crippen molar-refractivity contribution in [1.29, 1.82) is 0 Å². The maximum atomic E-state index is 4.50. The molecule has 0 aliphatic carbocycles. The maximum absolute atomic E-state index is 4.50. The topological polar surface area (TPSA) is 46.0 Å². The lowest BCUT2D eigenvalue weighted by Crippen LogP contribution is -2.46.